The van der Waals surface area contributed by atoms with E-state index in [9.17, 15) is 4.39 Å². The molecule has 0 radical (unpaired) electrons. The van der Waals surface area contributed by atoms with E-state index in [0.29, 0.717) is 5.92 Å². The monoisotopic (exact) mass is 258 g/mol. The van der Waals surface area contributed by atoms with E-state index in [-0.39, 0.29) is 11.1 Å². The summed E-state index contributed by atoms with van der Waals surface area (Å²) >= 11 is 5.62. The van der Waals surface area contributed by atoms with Crippen LogP contribution in [0.25, 0.3) is 0 Å². The first-order valence-electron chi connectivity index (χ1n) is 5.75. The number of piperidine rings is 1. The van der Waals surface area contributed by atoms with E-state index in [4.69, 9.17) is 11.6 Å². The Morgan fingerprint density at radius 3 is 2.94 bits per heavy atom. The van der Waals surface area contributed by atoms with Crippen LogP contribution < -0.4 is 5.32 Å². The van der Waals surface area contributed by atoms with Crippen LogP contribution >= 0.6 is 11.6 Å². The smallest absolute Gasteiger partial charge is 0.224 e. The summed E-state index contributed by atoms with van der Waals surface area (Å²) in [7, 11) is 2.12. The number of nitrogens with one attached hydrogen (secondary N) is 1. The van der Waals surface area contributed by atoms with E-state index < -0.39 is 5.82 Å². The highest BCUT2D eigenvalue weighted by atomic mass is 35.5. The van der Waals surface area contributed by atoms with Crippen LogP contribution in [0.2, 0.25) is 5.28 Å². The summed E-state index contributed by atoms with van der Waals surface area (Å²) in [6.45, 7) is 2.93. The van der Waals surface area contributed by atoms with Crippen molar-refractivity contribution in [3.8, 4) is 0 Å². The minimum absolute atomic E-state index is 0.0669. The molecule has 1 aromatic rings. The summed E-state index contributed by atoms with van der Waals surface area (Å²) in [6.07, 6.45) is 3.35. The quantitative estimate of drug-likeness (QED) is 0.843. The van der Waals surface area contributed by atoms with Gasteiger partial charge in [0, 0.05) is 6.54 Å². The lowest BCUT2D eigenvalue weighted by Crippen LogP contribution is -2.33. The molecule has 0 aliphatic carbocycles. The lowest BCUT2D eigenvalue weighted by atomic mass is 9.97. The number of hydrogen-bond donors (Lipinski definition) is 1. The van der Waals surface area contributed by atoms with E-state index in [2.05, 4.69) is 27.2 Å². The fourth-order valence-corrected chi connectivity index (χ4v) is 2.11. The maximum absolute atomic E-state index is 13.3. The van der Waals surface area contributed by atoms with E-state index in [0.717, 1.165) is 38.7 Å². The molecule has 1 N–H and O–H groups in total. The van der Waals surface area contributed by atoms with Crippen molar-refractivity contribution in [1.82, 2.24) is 14.9 Å². The Balaban J connectivity index is 1.87. The average Bonchev–Trinajstić information content (AvgIpc) is 2.32. The zero-order chi connectivity index (χ0) is 12.3. The van der Waals surface area contributed by atoms with Gasteiger partial charge >= 0.3 is 0 Å². The molecule has 94 valence electrons. The Hall–Kier alpha value is -0.940. The van der Waals surface area contributed by atoms with Crippen molar-refractivity contribution in [2.24, 2.45) is 5.92 Å². The van der Waals surface area contributed by atoms with Gasteiger partial charge in [0.05, 0.1) is 6.20 Å². The van der Waals surface area contributed by atoms with Crippen LogP contribution in [0.4, 0.5) is 10.2 Å². The topological polar surface area (TPSA) is 41.0 Å². The zero-order valence-electron chi connectivity index (χ0n) is 9.79. The van der Waals surface area contributed by atoms with Gasteiger partial charge in [-0.2, -0.15) is 4.98 Å². The second-order valence-corrected chi connectivity index (χ2v) is 4.80. The predicted octanol–water partition coefficient (Wildman–Crippen LogP) is 2.02. The third-order valence-corrected chi connectivity index (χ3v) is 3.29. The van der Waals surface area contributed by atoms with Crippen LogP contribution in [0.5, 0.6) is 0 Å². The first-order valence-corrected chi connectivity index (χ1v) is 6.13. The van der Waals surface area contributed by atoms with Crippen LogP contribution in [0.3, 0.4) is 0 Å². The van der Waals surface area contributed by atoms with Gasteiger partial charge < -0.3 is 10.2 Å². The van der Waals surface area contributed by atoms with Crippen molar-refractivity contribution in [3.05, 3.63) is 17.3 Å². The van der Waals surface area contributed by atoms with Crippen molar-refractivity contribution in [3.63, 3.8) is 0 Å². The molecule has 0 saturated carbocycles. The second kappa shape index (κ2) is 5.60. The molecule has 0 atom stereocenters. The highest BCUT2D eigenvalue weighted by Crippen LogP contribution is 2.18. The van der Waals surface area contributed by atoms with Crippen LogP contribution in [-0.2, 0) is 0 Å². The highest BCUT2D eigenvalue weighted by Gasteiger charge is 2.17. The fraction of sp³-hybridized carbons (Fsp3) is 0.636. The Kier molecular flexibility index (Phi) is 4.12. The number of hydrogen-bond acceptors (Lipinski definition) is 4. The standard InChI is InChI=1S/C11H16ClFN4/c1-17-4-2-8(3-5-17)6-14-10-9(13)7-15-11(12)16-10/h7-8H,2-6H2,1H3,(H,14,15,16). The highest BCUT2D eigenvalue weighted by molar-refractivity contribution is 6.28. The van der Waals surface area contributed by atoms with Gasteiger partial charge in [-0.05, 0) is 50.5 Å². The molecular formula is C11H16ClFN4. The maximum atomic E-state index is 13.3. The predicted molar refractivity (Wildman–Crippen MR) is 65.7 cm³/mol. The molecule has 1 aliphatic rings. The summed E-state index contributed by atoms with van der Waals surface area (Å²) in [5.74, 6) is 0.311. The SMILES string of the molecule is CN1CCC(CNc2nc(Cl)ncc2F)CC1. The van der Waals surface area contributed by atoms with Gasteiger partial charge in [-0.25, -0.2) is 9.37 Å². The van der Waals surface area contributed by atoms with Gasteiger partial charge in [0.2, 0.25) is 5.28 Å². The van der Waals surface area contributed by atoms with Gasteiger partial charge in [-0.1, -0.05) is 0 Å². The Labute approximate surface area is 105 Å². The largest absolute Gasteiger partial charge is 0.367 e. The van der Waals surface area contributed by atoms with E-state index >= 15 is 0 Å². The molecule has 17 heavy (non-hydrogen) atoms. The third kappa shape index (κ3) is 3.51. The molecule has 0 spiro atoms. The molecule has 0 unspecified atom stereocenters. The van der Waals surface area contributed by atoms with Crippen molar-refractivity contribution in [2.75, 3.05) is 32.0 Å². The third-order valence-electron chi connectivity index (χ3n) is 3.11. The Bertz CT molecular complexity index is 380. The van der Waals surface area contributed by atoms with Crippen molar-refractivity contribution >= 4 is 17.4 Å². The zero-order valence-corrected chi connectivity index (χ0v) is 10.5. The number of halogens is 2. The molecule has 1 fully saturated rings. The van der Waals surface area contributed by atoms with E-state index in [1.165, 1.54) is 0 Å². The number of aromatic nitrogens is 2. The van der Waals surface area contributed by atoms with Gasteiger partial charge in [0.15, 0.2) is 11.6 Å². The second-order valence-electron chi connectivity index (χ2n) is 4.46. The summed E-state index contributed by atoms with van der Waals surface area (Å²) in [4.78, 5) is 9.71. The van der Waals surface area contributed by atoms with Gasteiger partial charge in [0.1, 0.15) is 0 Å². The molecule has 0 amide bonds. The van der Waals surface area contributed by atoms with Crippen molar-refractivity contribution in [2.45, 2.75) is 12.8 Å². The molecular weight excluding hydrogens is 243 g/mol. The molecule has 2 heterocycles. The van der Waals surface area contributed by atoms with Gasteiger partial charge in [-0.3, -0.25) is 0 Å². The molecule has 1 saturated heterocycles. The van der Waals surface area contributed by atoms with Gasteiger partial charge in [-0.15, -0.1) is 0 Å². The summed E-state index contributed by atoms with van der Waals surface area (Å²) in [5, 5.41) is 3.08. The summed E-state index contributed by atoms with van der Waals surface area (Å²) in [6, 6.07) is 0. The van der Waals surface area contributed by atoms with E-state index in [1.807, 2.05) is 0 Å². The molecule has 1 aliphatic heterocycles. The number of likely N-dealkylation sites (tertiary alicyclic amines) is 1. The Morgan fingerprint density at radius 2 is 2.24 bits per heavy atom. The molecule has 4 nitrogen and oxygen atoms in total. The number of nitrogens with zero attached hydrogens (tertiary/aromatic N) is 3. The summed E-state index contributed by atoms with van der Waals surface area (Å²) < 4.78 is 13.3. The minimum atomic E-state index is -0.456. The van der Waals surface area contributed by atoms with Crippen LogP contribution in [0.1, 0.15) is 12.8 Å². The average molecular weight is 259 g/mol. The lowest BCUT2D eigenvalue weighted by molar-refractivity contribution is 0.226. The molecule has 2 rings (SSSR count). The number of rotatable bonds is 3. The fourth-order valence-electron chi connectivity index (χ4n) is 1.98. The molecule has 6 heteroatoms. The van der Waals surface area contributed by atoms with Crippen LogP contribution in [0, 0.1) is 11.7 Å². The van der Waals surface area contributed by atoms with Crippen LogP contribution in [0.15, 0.2) is 6.20 Å². The molecule has 0 aromatic carbocycles. The minimum Gasteiger partial charge on any atom is -0.367 e. The van der Waals surface area contributed by atoms with Gasteiger partial charge in [0.25, 0.3) is 0 Å². The first-order chi connectivity index (χ1) is 8.15. The first kappa shape index (κ1) is 12.5. The van der Waals surface area contributed by atoms with Crippen molar-refractivity contribution < 1.29 is 4.39 Å². The normalized spacial score (nSPS) is 18.3. The van der Waals surface area contributed by atoms with E-state index in [1.54, 1.807) is 0 Å². The van der Waals surface area contributed by atoms with Crippen LogP contribution in [-0.4, -0.2) is 41.5 Å². The number of anilines is 1. The molecule has 0 bridgehead atoms. The van der Waals surface area contributed by atoms with Crippen molar-refractivity contribution in [1.29, 1.82) is 0 Å². The lowest BCUT2D eigenvalue weighted by Gasteiger charge is -2.29. The summed E-state index contributed by atoms with van der Waals surface area (Å²) in [5.41, 5.74) is 0. The molecule has 1 aromatic heterocycles. The Morgan fingerprint density at radius 1 is 1.53 bits per heavy atom. The maximum Gasteiger partial charge on any atom is 0.224 e.